The molecule has 1 rings (SSSR count). The first-order valence-corrected chi connectivity index (χ1v) is 5.27. The van der Waals surface area contributed by atoms with Crippen LogP contribution in [0.25, 0.3) is 0 Å². The Morgan fingerprint density at radius 2 is 1.94 bits per heavy atom. The van der Waals surface area contributed by atoms with Gasteiger partial charge in [0, 0.05) is 13.6 Å². The molecule has 0 aliphatic rings. The van der Waals surface area contributed by atoms with Gasteiger partial charge in [-0.2, -0.15) is 0 Å². The highest BCUT2D eigenvalue weighted by molar-refractivity contribution is 5.88. The summed E-state index contributed by atoms with van der Waals surface area (Å²) in [6.07, 6.45) is 0. The summed E-state index contributed by atoms with van der Waals surface area (Å²) >= 11 is 0. The largest absolute Gasteiger partial charge is 0.478 e. The van der Waals surface area contributed by atoms with Crippen LogP contribution in [0.3, 0.4) is 0 Å². The molecule has 0 fully saturated rings. The molecular formula is C12H15F2NO2. The Balaban J connectivity index is 3.12. The molecule has 0 heterocycles. The van der Waals surface area contributed by atoms with E-state index >= 15 is 0 Å². The van der Waals surface area contributed by atoms with Crippen molar-refractivity contribution < 1.29 is 18.7 Å². The second-order valence-electron chi connectivity index (χ2n) is 4.34. The fourth-order valence-corrected chi connectivity index (χ4v) is 1.65. The molecule has 0 atom stereocenters. The molecule has 0 saturated heterocycles. The van der Waals surface area contributed by atoms with Crippen LogP contribution in [-0.2, 0) is 0 Å². The van der Waals surface area contributed by atoms with Gasteiger partial charge in [0.1, 0.15) is 0 Å². The molecule has 0 aliphatic heterocycles. The highest BCUT2D eigenvalue weighted by Gasteiger charge is 2.19. The van der Waals surface area contributed by atoms with Gasteiger partial charge in [-0.1, -0.05) is 13.8 Å². The molecule has 94 valence electrons. The van der Waals surface area contributed by atoms with Crippen LogP contribution in [0.1, 0.15) is 24.2 Å². The minimum Gasteiger partial charge on any atom is -0.478 e. The molecule has 0 spiro atoms. The molecule has 0 aliphatic carbocycles. The van der Waals surface area contributed by atoms with E-state index in [1.54, 1.807) is 11.9 Å². The zero-order chi connectivity index (χ0) is 13.2. The van der Waals surface area contributed by atoms with Crippen LogP contribution in [0, 0.1) is 17.6 Å². The monoisotopic (exact) mass is 243 g/mol. The van der Waals surface area contributed by atoms with E-state index in [-0.39, 0.29) is 5.69 Å². The number of aromatic carboxylic acids is 1. The number of hydrogen-bond donors (Lipinski definition) is 1. The van der Waals surface area contributed by atoms with Gasteiger partial charge in [0.25, 0.3) is 0 Å². The van der Waals surface area contributed by atoms with E-state index in [0.29, 0.717) is 12.5 Å². The molecule has 0 aromatic heterocycles. The van der Waals surface area contributed by atoms with Crippen molar-refractivity contribution in [2.75, 3.05) is 18.5 Å². The quantitative estimate of drug-likeness (QED) is 0.884. The van der Waals surface area contributed by atoms with Crippen molar-refractivity contribution >= 4 is 11.7 Å². The lowest BCUT2D eigenvalue weighted by atomic mass is 10.1. The van der Waals surface area contributed by atoms with Crippen LogP contribution < -0.4 is 4.90 Å². The van der Waals surface area contributed by atoms with E-state index in [1.165, 1.54) is 6.07 Å². The van der Waals surface area contributed by atoms with Gasteiger partial charge < -0.3 is 10.0 Å². The molecule has 3 nitrogen and oxygen atoms in total. The van der Waals surface area contributed by atoms with Crippen LogP contribution in [0.5, 0.6) is 0 Å². The third kappa shape index (κ3) is 2.93. The zero-order valence-electron chi connectivity index (χ0n) is 10.00. The normalized spacial score (nSPS) is 10.7. The summed E-state index contributed by atoms with van der Waals surface area (Å²) in [7, 11) is 1.64. The first kappa shape index (κ1) is 13.4. The van der Waals surface area contributed by atoms with Gasteiger partial charge in [0.05, 0.1) is 11.3 Å². The van der Waals surface area contributed by atoms with Crippen LogP contribution in [0.15, 0.2) is 12.1 Å². The third-order valence-electron chi connectivity index (χ3n) is 2.34. The van der Waals surface area contributed by atoms with E-state index in [4.69, 9.17) is 5.11 Å². The Morgan fingerprint density at radius 3 is 2.41 bits per heavy atom. The fourth-order valence-electron chi connectivity index (χ4n) is 1.65. The minimum absolute atomic E-state index is 0.0706. The molecule has 0 unspecified atom stereocenters. The molecule has 0 bridgehead atoms. The van der Waals surface area contributed by atoms with Gasteiger partial charge in [-0.3, -0.25) is 0 Å². The molecule has 0 amide bonds. The summed E-state index contributed by atoms with van der Waals surface area (Å²) in [6, 6.07) is 2.36. The van der Waals surface area contributed by atoms with E-state index in [9.17, 15) is 13.6 Å². The van der Waals surface area contributed by atoms with Gasteiger partial charge in [-0.15, -0.1) is 0 Å². The molecule has 1 aromatic rings. The lowest BCUT2D eigenvalue weighted by Crippen LogP contribution is -2.24. The van der Waals surface area contributed by atoms with E-state index in [0.717, 1.165) is 6.07 Å². The molecular weight excluding hydrogens is 228 g/mol. The molecule has 1 N–H and O–H groups in total. The lowest BCUT2D eigenvalue weighted by molar-refractivity contribution is 0.0690. The minimum atomic E-state index is -1.47. The van der Waals surface area contributed by atoms with Crippen molar-refractivity contribution in [3.63, 3.8) is 0 Å². The highest BCUT2D eigenvalue weighted by Crippen LogP contribution is 2.24. The Hall–Kier alpha value is -1.65. The van der Waals surface area contributed by atoms with E-state index in [1.807, 2.05) is 13.8 Å². The first-order chi connectivity index (χ1) is 7.84. The van der Waals surface area contributed by atoms with Crippen LogP contribution in [0.2, 0.25) is 0 Å². The second-order valence-corrected chi connectivity index (χ2v) is 4.34. The molecule has 17 heavy (non-hydrogen) atoms. The fraction of sp³-hybridized carbons (Fsp3) is 0.417. The molecule has 0 radical (unpaired) electrons. The smallest absolute Gasteiger partial charge is 0.338 e. The Labute approximate surface area is 98.7 Å². The Bertz CT molecular complexity index is 433. The van der Waals surface area contributed by atoms with E-state index in [2.05, 4.69) is 0 Å². The number of rotatable bonds is 4. The summed E-state index contributed by atoms with van der Waals surface area (Å²) in [5.74, 6) is -3.61. The van der Waals surface area contributed by atoms with Crippen molar-refractivity contribution in [3.05, 3.63) is 29.3 Å². The SMILES string of the molecule is CC(C)CN(C)c1ccc(C(=O)O)c(F)c1F. The maximum Gasteiger partial charge on any atom is 0.338 e. The van der Waals surface area contributed by atoms with Gasteiger partial charge >= 0.3 is 5.97 Å². The molecule has 0 saturated carbocycles. The number of carbonyl (C=O) groups is 1. The van der Waals surface area contributed by atoms with Crippen molar-refractivity contribution in [2.24, 2.45) is 5.92 Å². The maximum absolute atomic E-state index is 13.6. The number of hydrogen-bond acceptors (Lipinski definition) is 2. The van der Waals surface area contributed by atoms with Crippen LogP contribution in [-0.4, -0.2) is 24.7 Å². The average molecular weight is 243 g/mol. The van der Waals surface area contributed by atoms with E-state index < -0.39 is 23.2 Å². The van der Waals surface area contributed by atoms with Gasteiger partial charge in [-0.05, 0) is 18.1 Å². The summed E-state index contributed by atoms with van der Waals surface area (Å²) in [5.41, 5.74) is -0.578. The third-order valence-corrected chi connectivity index (χ3v) is 2.34. The topological polar surface area (TPSA) is 40.5 Å². The summed E-state index contributed by atoms with van der Waals surface area (Å²) in [6.45, 7) is 4.47. The van der Waals surface area contributed by atoms with Crippen molar-refractivity contribution in [3.8, 4) is 0 Å². The predicted molar refractivity (Wildman–Crippen MR) is 61.4 cm³/mol. The second kappa shape index (κ2) is 5.12. The highest BCUT2D eigenvalue weighted by atomic mass is 19.2. The number of anilines is 1. The van der Waals surface area contributed by atoms with Crippen LogP contribution >= 0.6 is 0 Å². The molecule has 5 heteroatoms. The Kier molecular flexibility index (Phi) is 4.04. The number of carboxylic acid groups (broad SMARTS) is 1. The van der Waals surface area contributed by atoms with Crippen molar-refractivity contribution in [1.82, 2.24) is 0 Å². The van der Waals surface area contributed by atoms with Crippen LogP contribution in [0.4, 0.5) is 14.5 Å². The van der Waals surface area contributed by atoms with Crippen molar-refractivity contribution in [2.45, 2.75) is 13.8 Å². The summed E-state index contributed by atoms with van der Waals surface area (Å²) in [5, 5.41) is 8.64. The standard InChI is InChI=1S/C12H15F2NO2/c1-7(2)6-15(3)9-5-4-8(12(16)17)10(13)11(9)14/h4-5,7H,6H2,1-3H3,(H,16,17). The summed E-state index contributed by atoms with van der Waals surface area (Å²) < 4.78 is 27.1. The first-order valence-electron chi connectivity index (χ1n) is 5.27. The number of carboxylic acids is 1. The number of halogens is 2. The average Bonchev–Trinajstić information content (AvgIpc) is 2.20. The predicted octanol–water partition coefficient (Wildman–Crippen LogP) is 2.76. The zero-order valence-corrected chi connectivity index (χ0v) is 10.00. The van der Waals surface area contributed by atoms with Gasteiger partial charge in [0.15, 0.2) is 11.6 Å². The molecule has 1 aromatic carbocycles. The lowest BCUT2D eigenvalue weighted by Gasteiger charge is -2.22. The summed E-state index contributed by atoms with van der Waals surface area (Å²) in [4.78, 5) is 12.2. The van der Waals surface area contributed by atoms with Gasteiger partial charge in [0.2, 0.25) is 0 Å². The number of benzene rings is 1. The van der Waals surface area contributed by atoms with Gasteiger partial charge in [-0.25, -0.2) is 13.6 Å². The Morgan fingerprint density at radius 1 is 1.35 bits per heavy atom. The maximum atomic E-state index is 13.6. The number of nitrogens with zero attached hydrogens (tertiary/aromatic N) is 1. The van der Waals surface area contributed by atoms with Crippen molar-refractivity contribution in [1.29, 1.82) is 0 Å².